The van der Waals surface area contributed by atoms with Gasteiger partial charge in [0.1, 0.15) is 11.8 Å². The molecule has 0 saturated carbocycles. The molecule has 18 heavy (non-hydrogen) atoms. The van der Waals surface area contributed by atoms with Gasteiger partial charge in [-0.1, -0.05) is 13.8 Å². The number of amides is 1. The zero-order valence-electron chi connectivity index (χ0n) is 11.1. The van der Waals surface area contributed by atoms with E-state index in [9.17, 15) is 4.79 Å². The molecule has 0 aromatic heterocycles. The molecule has 1 aromatic rings. The molecule has 4 nitrogen and oxygen atoms in total. The minimum Gasteiger partial charge on any atom is -0.497 e. The molecule has 0 saturated heterocycles. The van der Waals surface area contributed by atoms with E-state index < -0.39 is 0 Å². The molecule has 4 heteroatoms. The highest BCUT2D eigenvalue weighted by Crippen LogP contribution is 2.33. The van der Waals surface area contributed by atoms with Crippen LogP contribution in [0, 0.1) is 5.92 Å². The van der Waals surface area contributed by atoms with Crippen LogP contribution in [0.25, 0.3) is 0 Å². The lowest BCUT2D eigenvalue weighted by Gasteiger charge is -2.13. The number of benzene rings is 1. The van der Waals surface area contributed by atoms with Crippen molar-refractivity contribution in [2.24, 2.45) is 5.92 Å². The van der Waals surface area contributed by atoms with Gasteiger partial charge in [0.25, 0.3) is 0 Å². The average Bonchev–Trinajstić information content (AvgIpc) is 2.64. The SMILES string of the molecule is COc1ccc2c(c1)C(NCCC(C)C)C(=O)N2. The molecular formula is C14H20N2O2. The van der Waals surface area contributed by atoms with E-state index >= 15 is 0 Å². The summed E-state index contributed by atoms with van der Waals surface area (Å²) >= 11 is 0. The highest BCUT2D eigenvalue weighted by atomic mass is 16.5. The van der Waals surface area contributed by atoms with Crippen LogP contribution < -0.4 is 15.4 Å². The van der Waals surface area contributed by atoms with E-state index in [0.717, 1.165) is 30.0 Å². The number of hydrogen-bond acceptors (Lipinski definition) is 3. The van der Waals surface area contributed by atoms with Gasteiger partial charge in [0.2, 0.25) is 5.91 Å². The zero-order valence-corrected chi connectivity index (χ0v) is 11.1. The molecule has 0 radical (unpaired) electrons. The summed E-state index contributed by atoms with van der Waals surface area (Å²) in [5, 5.41) is 6.18. The second-order valence-corrected chi connectivity index (χ2v) is 5.01. The van der Waals surface area contributed by atoms with Crippen LogP contribution in [-0.4, -0.2) is 19.6 Å². The lowest BCUT2D eigenvalue weighted by atomic mass is 10.1. The Bertz CT molecular complexity index is 443. The van der Waals surface area contributed by atoms with Crippen LogP contribution in [0.15, 0.2) is 18.2 Å². The highest BCUT2D eigenvalue weighted by molar-refractivity contribution is 6.02. The predicted molar refractivity (Wildman–Crippen MR) is 71.8 cm³/mol. The van der Waals surface area contributed by atoms with Gasteiger partial charge in [-0.05, 0) is 37.1 Å². The van der Waals surface area contributed by atoms with Crippen molar-refractivity contribution in [2.45, 2.75) is 26.3 Å². The van der Waals surface area contributed by atoms with Crippen LogP contribution in [0.5, 0.6) is 5.75 Å². The van der Waals surface area contributed by atoms with Gasteiger partial charge in [-0.15, -0.1) is 0 Å². The molecule has 2 N–H and O–H groups in total. The zero-order chi connectivity index (χ0) is 13.1. The molecule has 1 atom stereocenters. The minimum atomic E-state index is -0.256. The number of nitrogens with one attached hydrogen (secondary N) is 2. The summed E-state index contributed by atoms with van der Waals surface area (Å²) in [6.07, 6.45) is 1.06. The highest BCUT2D eigenvalue weighted by Gasteiger charge is 2.30. The Morgan fingerprint density at radius 2 is 2.22 bits per heavy atom. The van der Waals surface area contributed by atoms with Gasteiger partial charge in [0, 0.05) is 11.3 Å². The molecule has 0 aliphatic carbocycles. The summed E-state index contributed by atoms with van der Waals surface area (Å²) < 4.78 is 5.20. The summed E-state index contributed by atoms with van der Waals surface area (Å²) in [5.41, 5.74) is 1.85. The number of carbonyl (C=O) groups excluding carboxylic acids is 1. The number of rotatable bonds is 5. The van der Waals surface area contributed by atoms with Crippen LogP contribution in [0.3, 0.4) is 0 Å². The molecule has 1 aliphatic heterocycles. The van der Waals surface area contributed by atoms with Gasteiger partial charge in [0.05, 0.1) is 7.11 Å². The monoisotopic (exact) mass is 248 g/mol. The van der Waals surface area contributed by atoms with Crippen LogP contribution in [0.4, 0.5) is 5.69 Å². The summed E-state index contributed by atoms with van der Waals surface area (Å²) in [6.45, 7) is 5.19. The van der Waals surface area contributed by atoms with E-state index in [1.807, 2.05) is 18.2 Å². The smallest absolute Gasteiger partial charge is 0.246 e. The Hall–Kier alpha value is -1.55. The van der Waals surface area contributed by atoms with Gasteiger partial charge in [-0.25, -0.2) is 0 Å². The van der Waals surface area contributed by atoms with E-state index in [1.54, 1.807) is 7.11 Å². The quantitative estimate of drug-likeness (QED) is 0.840. The molecule has 1 unspecified atom stereocenters. The van der Waals surface area contributed by atoms with Crippen LogP contribution in [0.1, 0.15) is 31.9 Å². The number of ether oxygens (including phenoxy) is 1. The first kappa shape index (κ1) is 12.9. The van der Waals surface area contributed by atoms with Gasteiger partial charge in [0.15, 0.2) is 0 Å². The Balaban J connectivity index is 2.10. The topological polar surface area (TPSA) is 50.4 Å². The first-order valence-corrected chi connectivity index (χ1v) is 6.34. The Labute approximate surface area is 108 Å². The second-order valence-electron chi connectivity index (χ2n) is 5.01. The predicted octanol–water partition coefficient (Wildman–Crippen LogP) is 2.32. The number of carbonyl (C=O) groups is 1. The molecule has 1 heterocycles. The molecule has 0 fully saturated rings. The van der Waals surface area contributed by atoms with Crippen molar-refractivity contribution < 1.29 is 9.53 Å². The molecule has 1 aliphatic rings. The van der Waals surface area contributed by atoms with Crippen molar-refractivity contribution in [1.82, 2.24) is 5.32 Å². The maximum atomic E-state index is 11.9. The van der Waals surface area contributed by atoms with Crippen molar-refractivity contribution in [3.63, 3.8) is 0 Å². The molecule has 2 rings (SSSR count). The Morgan fingerprint density at radius 3 is 2.89 bits per heavy atom. The maximum Gasteiger partial charge on any atom is 0.246 e. The first-order chi connectivity index (χ1) is 8.61. The van der Waals surface area contributed by atoms with E-state index in [1.165, 1.54) is 0 Å². The van der Waals surface area contributed by atoms with Crippen molar-refractivity contribution >= 4 is 11.6 Å². The third kappa shape index (κ3) is 2.64. The van der Waals surface area contributed by atoms with Crippen LogP contribution in [-0.2, 0) is 4.79 Å². The fraction of sp³-hybridized carbons (Fsp3) is 0.500. The molecule has 0 bridgehead atoms. The van der Waals surface area contributed by atoms with E-state index in [0.29, 0.717) is 5.92 Å². The molecule has 0 spiro atoms. The van der Waals surface area contributed by atoms with E-state index in [2.05, 4.69) is 24.5 Å². The Morgan fingerprint density at radius 1 is 1.44 bits per heavy atom. The standard InChI is InChI=1S/C14H20N2O2/c1-9(2)6-7-15-13-11-8-10(18-3)4-5-12(11)16-14(13)17/h4-5,8-9,13,15H,6-7H2,1-3H3,(H,16,17). The fourth-order valence-corrected chi connectivity index (χ4v) is 2.09. The normalized spacial score (nSPS) is 17.8. The van der Waals surface area contributed by atoms with Crippen molar-refractivity contribution in [3.8, 4) is 5.75 Å². The first-order valence-electron chi connectivity index (χ1n) is 6.34. The van der Waals surface area contributed by atoms with Crippen molar-refractivity contribution in [2.75, 3.05) is 19.0 Å². The number of hydrogen-bond donors (Lipinski definition) is 2. The summed E-state index contributed by atoms with van der Waals surface area (Å²) in [7, 11) is 1.63. The summed E-state index contributed by atoms with van der Waals surface area (Å²) in [5.74, 6) is 1.43. The summed E-state index contributed by atoms with van der Waals surface area (Å²) in [4.78, 5) is 11.9. The third-order valence-electron chi connectivity index (χ3n) is 3.16. The lowest BCUT2D eigenvalue weighted by molar-refractivity contribution is -0.117. The molecular weight excluding hydrogens is 228 g/mol. The minimum absolute atomic E-state index is 0.0157. The lowest BCUT2D eigenvalue weighted by Crippen LogP contribution is -2.28. The molecule has 1 amide bonds. The second kappa shape index (κ2) is 5.40. The van der Waals surface area contributed by atoms with Gasteiger partial charge < -0.3 is 15.4 Å². The van der Waals surface area contributed by atoms with Gasteiger partial charge in [-0.2, -0.15) is 0 Å². The third-order valence-corrected chi connectivity index (χ3v) is 3.16. The van der Waals surface area contributed by atoms with Gasteiger partial charge >= 0.3 is 0 Å². The fourth-order valence-electron chi connectivity index (χ4n) is 2.09. The van der Waals surface area contributed by atoms with Crippen molar-refractivity contribution in [1.29, 1.82) is 0 Å². The van der Waals surface area contributed by atoms with E-state index in [-0.39, 0.29) is 11.9 Å². The largest absolute Gasteiger partial charge is 0.497 e. The number of methoxy groups -OCH3 is 1. The molecule has 98 valence electrons. The number of anilines is 1. The summed E-state index contributed by atoms with van der Waals surface area (Å²) in [6, 6.07) is 5.40. The van der Waals surface area contributed by atoms with Gasteiger partial charge in [-0.3, -0.25) is 4.79 Å². The molecule has 1 aromatic carbocycles. The average molecular weight is 248 g/mol. The Kier molecular flexibility index (Phi) is 3.87. The van der Waals surface area contributed by atoms with E-state index in [4.69, 9.17) is 4.74 Å². The number of fused-ring (bicyclic) bond motifs is 1. The maximum absolute atomic E-state index is 11.9. The van der Waals surface area contributed by atoms with Crippen molar-refractivity contribution in [3.05, 3.63) is 23.8 Å². The van der Waals surface area contributed by atoms with Crippen LogP contribution in [0.2, 0.25) is 0 Å². The van der Waals surface area contributed by atoms with Crippen LogP contribution >= 0.6 is 0 Å².